The van der Waals surface area contributed by atoms with Crippen LogP contribution in [0.5, 0.6) is 0 Å². The summed E-state index contributed by atoms with van der Waals surface area (Å²) in [5.74, 6) is 0. The van der Waals surface area contributed by atoms with Gasteiger partial charge in [-0.05, 0) is 45.0 Å². The van der Waals surface area contributed by atoms with E-state index in [4.69, 9.17) is 0 Å². The van der Waals surface area contributed by atoms with Gasteiger partial charge in [0.25, 0.3) is 0 Å². The molecule has 1 heterocycles. The average molecular weight is 261 g/mol. The van der Waals surface area contributed by atoms with Crippen molar-refractivity contribution >= 4 is 11.7 Å². The Morgan fingerprint density at radius 2 is 1.95 bits per heavy atom. The van der Waals surface area contributed by atoms with Crippen LogP contribution in [0.2, 0.25) is 0 Å². The Morgan fingerprint density at radius 3 is 2.53 bits per heavy atom. The molecule has 1 saturated heterocycles. The van der Waals surface area contributed by atoms with E-state index in [2.05, 4.69) is 31.3 Å². The van der Waals surface area contributed by atoms with Crippen molar-refractivity contribution in [2.45, 2.75) is 26.3 Å². The van der Waals surface area contributed by atoms with Crippen molar-refractivity contribution < 1.29 is 4.79 Å². The Morgan fingerprint density at radius 1 is 1.32 bits per heavy atom. The third-order valence-corrected chi connectivity index (χ3v) is 3.91. The minimum atomic E-state index is 0.110. The zero-order chi connectivity index (χ0) is 14.0. The van der Waals surface area contributed by atoms with Gasteiger partial charge in [0.1, 0.15) is 0 Å². The van der Waals surface area contributed by atoms with Crippen molar-refractivity contribution in [1.29, 1.82) is 0 Å². The highest BCUT2D eigenvalue weighted by Crippen LogP contribution is 2.30. The van der Waals surface area contributed by atoms with Crippen LogP contribution in [-0.4, -0.2) is 44.2 Å². The number of likely N-dealkylation sites (N-methyl/N-ethyl adjacent to an activating group) is 1. The van der Waals surface area contributed by atoms with E-state index >= 15 is 0 Å². The molecular weight excluding hydrogens is 238 g/mol. The first-order chi connectivity index (χ1) is 9.06. The number of hydrogen-bond donors (Lipinski definition) is 1. The predicted octanol–water partition coefficient (Wildman–Crippen LogP) is 2.15. The summed E-state index contributed by atoms with van der Waals surface area (Å²) in [5.41, 5.74) is 3.40. The molecule has 0 radical (unpaired) electrons. The fourth-order valence-electron chi connectivity index (χ4n) is 2.77. The summed E-state index contributed by atoms with van der Waals surface area (Å²) in [6.45, 7) is 5.85. The molecule has 1 aliphatic rings. The molecule has 2 rings (SSSR count). The lowest BCUT2D eigenvalue weighted by molar-refractivity contribution is 0.217. The number of anilines is 1. The summed E-state index contributed by atoms with van der Waals surface area (Å²) in [4.78, 5) is 16.2. The molecular formula is C15H23N3O. The van der Waals surface area contributed by atoms with Gasteiger partial charge in [0, 0.05) is 13.6 Å². The van der Waals surface area contributed by atoms with E-state index in [-0.39, 0.29) is 6.03 Å². The van der Waals surface area contributed by atoms with Crippen LogP contribution in [0.25, 0.3) is 0 Å². The number of nitrogens with one attached hydrogen (secondary N) is 1. The second-order valence-corrected chi connectivity index (χ2v) is 5.29. The topological polar surface area (TPSA) is 35.6 Å². The average Bonchev–Trinajstić information content (AvgIpc) is 2.65. The van der Waals surface area contributed by atoms with Gasteiger partial charge in [-0.2, -0.15) is 0 Å². The minimum absolute atomic E-state index is 0.110. The smallest absolute Gasteiger partial charge is 0.323 e. The molecule has 19 heavy (non-hydrogen) atoms. The van der Waals surface area contributed by atoms with Gasteiger partial charge in [-0.25, -0.2) is 4.79 Å². The van der Waals surface area contributed by atoms with Crippen molar-refractivity contribution in [2.75, 3.05) is 32.1 Å². The number of para-hydroxylation sites is 1. The lowest BCUT2D eigenvalue weighted by atomic mass is 10.1. The highest BCUT2D eigenvalue weighted by atomic mass is 16.2. The van der Waals surface area contributed by atoms with Crippen molar-refractivity contribution in [3.05, 3.63) is 29.3 Å². The molecule has 1 aromatic carbocycles. The Hall–Kier alpha value is -1.55. The zero-order valence-electron chi connectivity index (χ0n) is 12.2. The van der Waals surface area contributed by atoms with Gasteiger partial charge in [0.15, 0.2) is 0 Å². The molecule has 1 unspecified atom stereocenters. The van der Waals surface area contributed by atoms with Gasteiger partial charge in [-0.1, -0.05) is 18.2 Å². The first kappa shape index (κ1) is 13.9. The van der Waals surface area contributed by atoms with Crippen LogP contribution in [-0.2, 0) is 0 Å². The fourth-order valence-corrected chi connectivity index (χ4v) is 2.77. The van der Waals surface area contributed by atoms with Gasteiger partial charge in [0.05, 0.1) is 11.7 Å². The molecule has 1 aromatic rings. The summed E-state index contributed by atoms with van der Waals surface area (Å²) < 4.78 is 0. The normalized spacial score (nSPS) is 19.4. The highest BCUT2D eigenvalue weighted by Gasteiger charge is 2.35. The molecule has 4 nitrogen and oxygen atoms in total. The second-order valence-electron chi connectivity index (χ2n) is 5.29. The first-order valence-corrected chi connectivity index (χ1v) is 6.81. The van der Waals surface area contributed by atoms with Gasteiger partial charge in [0.2, 0.25) is 0 Å². The van der Waals surface area contributed by atoms with Crippen LogP contribution in [0.4, 0.5) is 10.5 Å². The molecule has 4 heteroatoms. The monoisotopic (exact) mass is 261 g/mol. The fraction of sp³-hybridized carbons (Fsp3) is 0.533. The zero-order valence-corrected chi connectivity index (χ0v) is 12.2. The molecule has 0 aliphatic carbocycles. The molecule has 1 N–H and O–H groups in total. The van der Waals surface area contributed by atoms with Gasteiger partial charge in [-0.15, -0.1) is 0 Å². The van der Waals surface area contributed by atoms with Crippen LogP contribution < -0.4 is 10.2 Å². The molecule has 0 spiro atoms. The Balaban J connectivity index is 2.24. The lowest BCUT2D eigenvalue weighted by Gasteiger charge is -2.20. The van der Waals surface area contributed by atoms with Crippen LogP contribution in [0.1, 0.15) is 17.5 Å². The van der Waals surface area contributed by atoms with Crippen LogP contribution in [0.3, 0.4) is 0 Å². The molecule has 0 bridgehead atoms. The standard InChI is InChI=1S/C15H23N3O/c1-11-6-5-7-12(2)14(11)18-10-13(8-9-16-3)17(4)15(18)19/h5-7,13,16H,8-10H2,1-4H3. The van der Waals surface area contributed by atoms with E-state index in [0.29, 0.717) is 6.04 Å². The number of nitrogens with zero attached hydrogens (tertiary/aromatic N) is 2. The van der Waals surface area contributed by atoms with Gasteiger partial charge in [-0.3, -0.25) is 4.90 Å². The van der Waals surface area contributed by atoms with E-state index in [0.717, 1.165) is 36.3 Å². The molecule has 104 valence electrons. The summed E-state index contributed by atoms with van der Waals surface area (Å²) in [5, 5.41) is 3.15. The van der Waals surface area contributed by atoms with Crippen molar-refractivity contribution in [2.24, 2.45) is 0 Å². The molecule has 1 atom stereocenters. The lowest BCUT2D eigenvalue weighted by Crippen LogP contribution is -2.32. The van der Waals surface area contributed by atoms with E-state index in [1.54, 1.807) is 0 Å². The van der Waals surface area contributed by atoms with E-state index < -0.39 is 0 Å². The largest absolute Gasteiger partial charge is 0.324 e. The summed E-state index contributed by atoms with van der Waals surface area (Å²) in [7, 11) is 3.84. The number of aryl methyl sites for hydroxylation is 2. The Bertz CT molecular complexity index is 452. The van der Waals surface area contributed by atoms with Crippen molar-refractivity contribution in [3.63, 3.8) is 0 Å². The number of rotatable bonds is 4. The molecule has 0 saturated carbocycles. The number of hydrogen-bond acceptors (Lipinski definition) is 2. The molecule has 0 aromatic heterocycles. The van der Waals surface area contributed by atoms with E-state index in [9.17, 15) is 4.79 Å². The van der Waals surface area contributed by atoms with E-state index in [1.807, 2.05) is 30.0 Å². The van der Waals surface area contributed by atoms with Gasteiger partial charge < -0.3 is 10.2 Å². The maximum atomic E-state index is 12.4. The van der Waals surface area contributed by atoms with Crippen LogP contribution >= 0.6 is 0 Å². The summed E-state index contributed by atoms with van der Waals surface area (Å²) in [6, 6.07) is 6.57. The predicted molar refractivity (Wildman–Crippen MR) is 78.8 cm³/mol. The maximum Gasteiger partial charge on any atom is 0.324 e. The minimum Gasteiger partial charge on any atom is -0.323 e. The number of amides is 2. The van der Waals surface area contributed by atoms with Crippen molar-refractivity contribution in [3.8, 4) is 0 Å². The van der Waals surface area contributed by atoms with Crippen molar-refractivity contribution in [1.82, 2.24) is 10.2 Å². The molecule has 1 fully saturated rings. The Kier molecular flexibility index (Phi) is 4.10. The third-order valence-electron chi connectivity index (χ3n) is 3.91. The quantitative estimate of drug-likeness (QED) is 0.901. The number of benzene rings is 1. The SMILES string of the molecule is CNCCC1CN(c2c(C)cccc2C)C(=O)N1C. The summed E-state index contributed by atoms with van der Waals surface area (Å²) >= 11 is 0. The summed E-state index contributed by atoms with van der Waals surface area (Å²) in [6.07, 6.45) is 0.986. The Labute approximate surface area is 115 Å². The second kappa shape index (κ2) is 5.61. The van der Waals surface area contributed by atoms with E-state index in [1.165, 1.54) is 0 Å². The van der Waals surface area contributed by atoms with Crippen LogP contribution in [0.15, 0.2) is 18.2 Å². The highest BCUT2D eigenvalue weighted by molar-refractivity contribution is 5.96. The maximum absolute atomic E-state index is 12.4. The third kappa shape index (κ3) is 2.59. The number of carbonyl (C=O) groups excluding carboxylic acids is 1. The van der Waals surface area contributed by atoms with Gasteiger partial charge >= 0.3 is 6.03 Å². The van der Waals surface area contributed by atoms with Crippen LogP contribution in [0, 0.1) is 13.8 Å². The first-order valence-electron chi connectivity index (χ1n) is 6.81. The molecule has 1 aliphatic heterocycles. The number of carbonyl (C=O) groups is 1. The number of urea groups is 1. The molecule has 2 amide bonds.